The highest BCUT2D eigenvalue weighted by molar-refractivity contribution is 6.43. The van der Waals surface area contributed by atoms with Crippen molar-refractivity contribution in [3.8, 4) is 11.3 Å². The predicted octanol–water partition coefficient (Wildman–Crippen LogP) is 4.97. The second-order valence-electron chi connectivity index (χ2n) is 6.00. The van der Waals surface area contributed by atoms with Crippen LogP contribution in [0, 0.1) is 0 Å². The van der Waals surface area contributed by atoms with Gasteiger partial charge in [0.2, 0.25) is 0 Å². The molecule has 1 aromatic carbocycles. The lowest BCUT2D eigenvalue weighted by molar-refractivity contribution is 0.412. The van der Waals surface area contributed by atoms with Gasteiger partial charge in [-0.2, -0.15) is 0 Å². The van der Waals surface area contributed by atoms with Crippen LogP contribution in [0.3, 0.4) is 0 Å². The average Bonchev–Trinajstić information content (AvgIpc) is 2.85. The van der Waals surface area contributed by atoms with Crippen molar-refractivity contribution in [2.75, 3.05) is 6.54 Å². The minimum absolute atomic E-state index is 0.135. The van der Waals surface area contributed by atoms with Crippen LogP contribution in [-0.4, -0.2) is 17.1 Å². The summed E-state index contributed by atoms with van der Waals surface area (Å²) in [5.74, 6) is 1.37. The van der Waals surface area contributed by atoms with E-state index in [4.69, 9.17) is 27.6 Å². The van der Waals surface area contributed by atoms with E-state index in [0.29, 0.717) is 15.8 Å². The van der Waals surface area contributed by atoms with Crippen LogP contribution in [0.2, 0.25) is 10.0 Å². The van der Waals surface area contributed by atoms with Gasteiger partial charge in [-0.05, 0) is 45.9 Å². The molecule has 0 amide bonds. The van der Waals surface area contributed by atoms with E-state index in [9.17, 15) is 0 Å². The summed E-state index contributed by atoms with van der Waals surface area (Å²) in [6.45, 7) is 7.38. The molecule has 0 saturated carbocycles. The van der Waals surface area contributed by atoms with Gasteiger partial charge in [0.1, 0.15) is 0 Å². The van der Waals surface area contributed by atoms with Gasteiger partial charge in [-0.15, -0.1) is 0 Å². The highest BCUT2D eigenvalue weighted by atomic mass is 35.5. The fourth-order valence-corrected chi connectivity index (χ4v) is 2.34. The van der Waals surface area contributed by atoms with E-state index in [2.05, 4.69) is 31.1 Å². The van der Waals surface area contributed by atoms with Crippen LogP contribution in [0.4, 0.5) is 0 Å². The van der Waals surface area contributed by atoms with Crippen LogP contribution >= 0.6 is 23.2 Å². The first kappa shape index (κ1) is 16.3. The fraction of sp³-hybridized carbons (Fsp3) is 0.438. The van der Waals surface area contributed by atoms with Crippen molar-refractivity contribution in [1.82, 2.24) is 10.3 Å². The lowest BCUT2D eigenvalue weighted by Gasteiger charge is -2.20. The molecule has 0 spiro atoms. The monoisotopic (exact) mass is 326 g/mol. The van der Waals surface area contributed by atoms with Gasteiger partial charge >= 0.3 is 0 Å². The number of oxazole rings is 1. The first-order valence-electron chi connectivity index (χ1n) is 7.01. The Morgan fingerprint density at radius 3 is 2.71 bits per heavy atom. The average molecular weight is 327 g/mol. The number of aromatic nitrogens is 1. The normalized spacial score (nSPS) is 11.9. The summed E-state index contributed by atoms with van der Waals surface area (Å²) in [4.78, 5) is 4.30. The minimum Gasteiger partial charge on any atom is -0.441 e. The Labute approximate surface area is 135 Å². The highest BCUT2D eigenvalue weighted by Crippen LogP contribution is 2.33. The Morgan fingerprint density at radius 2 is 2.00 bits per heavy atom. The van der Waals surface area contributed by atoms with E-state index in [1.807, 2.05) is 12.1 Å². The molecular weight excluding hydrogens is 307 g/mol. The number of nitrogens with zero attached hydrogens (tertiary/aromatic N) is 1. The maximum Gasteiger partial charge on any atom is 0.194 e. The molecule has 0 aliphatic carbocycles. The number of aryl methyl sites for hydroxylation is 1. The second kappa shape index (κ2) is 6.82. The van der Waals surface area contributed by atoms with Crippen LogP contribution < -0.4 is 5.32 Å². The van der Waals surface area contributed by atoms with Gasteiger partial charge < -0.3 is 9.73 Å². The second-order valence-corrected chi connectivity index (χ2v) is 6.79. The maximum atomic E-state index is 6.18. The first-order chi connectivity index (χ1) is 9.87. The third kappa shape index (κ3) is 4.73. The zero-order valence-electron chi connectivity index (χ0n) is 12.5. The molecule has 1 aromatic heterocycles. The molecule has 0 bridgehead atoms. The van der Waals surface area contributed by atoms with Gasteiger partial charge in [0.25, 0.3) is 0 Å². The third-order valence-electron chi connectivity index (χ3n) is 2.99. The summed E-state index contributed by atoms with van der Waals surface area (Å²) < 4.78 is 5.76. The zero-order valence-corrected chi connectivity index (χ0v) is 14.1. The molecule has 0 radical (unpaired) electrons. The summed E-state index contributed by atoms with van der Waals surface area (Å²) in [6.07, 6.45) is 3.46. The molecule has 1 N–H and O–H groups in total. The molecule has 0 aliphatic rings. The third-order valence-corrected chi connectivity index (χ3v) is 3.81. The van der Waals surface area contributed by atoms with Gasteiger partial charge in [0.15, 0.2) is 11.7 Å². The number of benzene rings is 1. The smallest absolute Gasteiger partial charge is 0.194 e. The number of halogens is 2. The van der Waals surface area contributed by atoms with Crippen LogP contribution in [0.25, 0.3) is 11.3 Å². The van der Waals surface area contributed by atoms with Gasteiger partial charge in [-0.25, -0.2) is 4.98 Å². The van der Waals surface area contributed by atoms with Crippen LogP contribution in [0.15, 0.2) is 28.8 Å². The molecule has 0 saturated heterocycles. The van der Waals surface area contributed by atoms with E-state index < -0.39 is 0 Å². The van der Waals surface area contributed by atoms with E-state index in [1.165, 1.54) is 0 Å². The van der Waals surface area contributed by atoms with Crippen molar-refractivity contribution < 1.29 is 4.42 Å². The largest absolute Gasteiger partial charge is 0.441 e. The standard InChI is InChI=1S/C16H20Cl2N2O/c1-16(2,3)20-9-5-8-14-19-10-13(21-14)11-6-4-7-12(17)15(11)18/h4,6-7,10,20H,5,8-9H2,1-3H3. The van der Waals surface area contributed by atoms with E-state index in [0.717, 1.165) is 30.8 Å². The molecule has 21 heavy (non-hydrogen) atoms. The highest BCUT2D eigenvalue weighted by Gasteiger charge is 2.12. The number of hydrogen-bond donors (Lipinski definition) is 1. The molecule has 0 unspecified atom stereocenters. The molecule has 5 heteroatoms. The number of rotatable bonds is 5. The molecule has 0 fully saturated rings. The Morgan fingerprint density at radius 1 is 1.24 bits per heavy atom. The summed E-state index contributed by atoms with van der Waals surface area (Å²) >= 11 is 12.2. The Bertz CT molecular complexity index is 603. The fourth-order valence-electron chi connectivity index (χ4n) is 1.95. The first-order valence-corrected chi connectivity index (χ1v) is 7.76. The number of hydrogen-bond acceptors (Lipinski definition) is 3. The molecule has 114 valence electrons. The van der Waals surface area contributed by atoms with Crippen molar-refractivity contribution in [2.24, 2.45) is 0 Å². The molecular formula is C16H20Cl2N2O. The maximum absolute atomic E-state index is 6.18. The van der Waals surface area contributed by atoms with Crippen LogP contribution in [0.1, 0.15) is 33.1 Å². The van der Waals surface area contributed by atoms with Crippen LogP contribution in [-0.2, 0) is 6.42 Å². The van der Waals surface area contributed by atoms with Crippen molar-refractivity contribution in [3.63, 3.8) is 0 Å². The van der Waals surface area contributed by atoms with Crippen molar-refractivity contribution in [3.05, 3.63) is 40.3 Å². The van der Waals surface area contributed by atoms with Crippen molar-refractivity contribution in [1.29, 1.82) is 0 Å². The van der Waals surface area contributed by atoms with E-state index in [-0.39, 0.29) is 5.54 Å². The molecule has 0 atom stereocenters. The number of nitrogens with one attached hydrogen (secondary N) is 1. The van der Waals surface area contributed by atoms with Gasteiger partial charge in [0, 0.05) is 17.5 Å². The molecule has 1 heterocycles. The van der Waals surface area contributed by atoms with Crippen molar-refractivity contribution >= 4 is 23.2 Å². The Hall–Kier alpha value is -1.03. The summed E-state index contributed by atoms with van der Waals surface area (Å²) in [7, 11) is 0. The van der Waals surface area contributed by atoms with Gasteiger partial charge in [-0.1, -0.05) is 29.3 Å². The zero-order chi connectivity index (χ0) is 15.5. The summed E-state index contributed by atoms with van der Waals surface area (Å²) in [5.41, 5.74) is 0.909. The Balaban J connectivity index is 1.97. The van der Waals surface area contributed by atoms with Crippen molar-refractivity contribution in [2.45, 2.75) is 39.2 Å². The molecule has 2 aromatic rings. The SMILES string of the molecule is CC(C)(C)NCCCc1ncc(-c2cccc(Cl)c2Cl)o1. The van der Waals surface area contributed by atoms with Gasteiger partial charge in [-0.3, -0.25) is 0 Å². The van der Waals surface area contributed by atoms with Crippen LogP contribution in [0.5, 0.6) is 0 Å². The topological polar surface area (TPSA) is 38.1 Å². The van der Waals surface area contributed by atoms with E-state index in [1.54, 1.807) is 12.3 Å². The molecule has 2 rings (SSSR count). The lowest BCUT2D eigenvalue weighted by Crippen LogP contribution is -2.36. The van der Waals surface area contributed by atoms with E-state index >= 15 is 0 Å². The summed E-state index contributed by atoms with van der Waals surface area (Å²) in [6, 6.07) is 5.47. The lowest BCUT2D eigenvalue weighted by atomic mass is 10.1. The summed E-state index contributed by atoms with van der Waals surface area (Å²) in [5, 5.41) is 4.45. The van der Waals surface area contributed by atoms with Gasteiger partial charge in [0.05, 0.1) is 16.2 Å². The predicted molar refractivity (Wildman–Crippen MR) is 88.0 cm³/mol. The quantitative estimate of drug-likeness (QED) is 0.788. The minimum atomic E-state index is 0.135. The molecule has 3 nitrogen and oxygen atoms in total. The Kier molecular flexibility index (Phi) is 5.31. The molecule has 0 aliphatic heterocycles.